The Bertz CT molecular complexity index is 574. The van der Waals surface area contributed by atoms with Crippen LogP contribution in [-0.2, 0) is 0 Å². The number of ether oxygens (including phenoxy) is 1. The third kappa shape index (κ3) is 1.89. The number of anilines is 1. The molecule has 4 nitrogen and oxygen atoms in total. The highest BCUT2D eigenvalue weighted by atomic mass is 32.1. The predicted molar refractivity (Wildman–Crippen MR) is 67.6 cm³/mol. The van der Waals surface area contributed by atoms with E-state index in [1.165, 1.54) is 18.4 Å². The van der Waals surface area contributed by atoms with Crippen molar-refractivity contribution in [3.63, 3.8) is 0 Å². The number of benzene rings is 1. The summed E-state index contributed by atoms with van der Waals surface area (Å²) in [4.78, 5) is 2.98. The smallest absolute Gasteiger partial charge is 0.160 e. The Morgan fingerprint density at radius 2 is 2.25 bits per heavy atom. The van der Waals surface area contributed by atoms with Crippen LogP contribution in [0.5, 0.6) is 11.5 Å². The van der Waals surface area contributed by atoms with Gasteiger partial charge in [-0.25, -0.2) is 0 Å². The van der Waals surface area contributed by atoms with Crippen LogP contribution in [0.1, 0.15) is 0 Å². The molecule has 0 aliphatic heterocycles. The van der Waals surface area contributed by atoms with Crippen LogP contribution >= 0.6 is 23.6 Å². The molecule has 1 aromatic heterocycles. The number of hydrogen-bond donors (Lipinski definition) is 3. The van der Waals surface area contributed by atoms with Gasteiger partial charge in [-0.2, -0.15) is 0 Å². The molecular formula is C10H10N2O2S2. The molecule has 84 valence electrons. The summed E-state index contributed by atoms with van der Waals surface area (Å²) in [5.41, 5.74) is 7.31. The minimum Gasteiger partial charge on any atom is -0.504 e. The standard InChI is InChI=1S/C10H10N2O2S2/c1-14-7-3-2-5(4-6(7)13)8-9(11)16-10(15)12-8/h2-4,13H,11H2,1H3,(H,12,15). The minimum absolute atomic E-state index is 0.0740. The van der Waals surface area contributed by atoms with Crippen molar-refractivity contribution in [3.8, 4) is 22.8 Å². The van der Waals surface area contributed by atoms with Crippen molar-refractivity contribution in [3.05, 3.63) is 22.2 Å². The van der Waals surface area contributed by atoms with Gasteiger partial charge in [-0.05, 0) is 30.4 Å². The van der Waals surface area contributed by atoms with Gasteiger partial charge in [0.15, 0.2) is 15.5 Å². The van der Waals surface area contributed by atoms with Gasteiger partial charge in [0.25, 0.3) is 0 Å². The molecule has 1 aromatic carbocycles. The Labute approximate surface area is 101 Å². The molecule has 0 aliphatic rings. The number of hydrogen-bond acceptors (Lipinski definition) is 5. The molecule has 0 amide bonds. The first-order valence-electron chi connectivity index (χ1n) is 4.48. The first-order chi connectivity index (χ1) is 7.61. The second-order valence-corrected chi connectivity index (χ2v) is 4.86. The maximum absolute atomic E-state index is 9.65. The van der Waals surface area contributed by atoms with Crippen LogP contribution in [0.2, 0.25) is 0 Å². The first-order valence-corrected chi connectivity index (χ1v) is 5.70. The van der Waals surface area contributed by atoms with Crippen molar-refractivity contribution < 1.29 is 9.84 Å². The molecular weight excluding hydrogens is 244 g/mol. The molecule has 6 heteroatoms. The van der Waals surface area contributed by atoms with Gasteiger partial charge in [-0.3, -0.25) is 0 Å². The maximum atomic E-state index is 9.65. The number of phenols is 1. The van der Waals surface area contributed by atoms with Crippen LogP contribution in [0.15, 0.2) is 18.2 Å². The number of thiazole rings is 1. The summed E-state index contributed by atoms with van der Waals surface area (Å²) in [6, 6.07) is 5.07. The summed E-state index contributed by atoms with van der Waals surface area (Å²) < 4.78 is 5.58. The van der Waals surface area contributed by atoms with Crippen molar-refractivity contribution in [2.75, 3.05) is 12.8 Å². The number of aromatic nitrogens is 1. The monoisotopic (exact) mass is 254 g/mol. The van der Waals surface area contributed by atoms with Crippen LogP contribution in [0.3, 0.4) is 0 Å². The normalized spacial score (nSPS) is 10.3. The van der Waals surface area contributed by atoms with Crippen molar-refractivity contribution in [2.24, 2.45) is 0 Å². The zero-order chi connectivity index (χ0) is 11.7. The third-order valence-electron chi connectivity index (χ3n) is 2.14. The van der Waals surface area contributed by atoms with Gasteiger partial charge >= 0.3 is 0 Å². The molecule has 2 rings (SSSR count). The quantitative estimate of drug-likeness (QED) is 0.721. The Morgan fingerprint density at radius 3 is 2.75 bits per heavy atom. The largest absolute Gasteiger partial charge is 0.504 e. The highest BCUT2D eigenvalue weighted by Gasteiger charge is 2.09. The number of methoxy groups -OCH3 is 1. The molecule has 0 saturated heterocycles. The number of H-pyrrole nitrogens is 1. The van der Waals surface area contributed by atoms with E-state index in [-0.39, 0.29) is 5.75 Å². The van der Waals surface area contributed by atoms with Gasteiger partial charge in [-0.1, -0.05) is 11.3 Å². The average Bonchev–Trinajstić information content (AvgIpc) is 2.58. The van der Waals surface area contributed by atoms with Gasteiger partial charge in [-0.15, -0.1) is 0 Å². The highest BCUT2D eigenvalue weighted by Crippen LogP contribution is 2.34. The van der Waals surface area contributed by atoms with E-state index in [4.69, 9.17) is 22.7 Å². The van der Waals surface area contributed by atoms with E-state index >= 15 is 0 Å². The van der Waals surface area contributed by atoms with Gasteiger partial charge in [0.2, 0.25) is 0 Å². The van der Waals surface area contributed by atoms with Crippen LogP contribution in [0.25, 0.3) is 11.3 Å². The Morgan fingerprint density at radius 1 is 1.50 bits per heavy atom. The Hall–Kier alpha value is -1.53. The summed E-state index contributed by atoms with van der Waals surface area (Å²) in [6.45, 7) is 0. The molecule has 0 atom stereocenters. The predicted octanol–water partition coefficient (Wildman–Crippen LogP) is 2.77. The molecule has 0 fully saturated rings. The molecule has 0 radical (unpaired) electrons. The van der Waals surface area contributed by atoms with E-state index in [0.29, 0.717) is 14.7 Å². The number of nitrogens with two attached hydrogens (primary N) is 1. The van der Waals surface area contributed by atoms with Crippen molar-refractivity contribution >= 4 is 28.6 Å². The molecule has 0 unspecified atom stereocenters. The zero-order valence-electron chi connectivity index (χ0n) is 8.48. The molecule has 2 aromatic rings. The lowest BCUT2D eigenvalue weighted by Gasteiger charge is -2.05. The Kier molecular flexibility index (Phi) is 2.84. The van der Waals surface area contributed by atoms with Gasteiger partial charge in [0.05, 0.1) is 12.8 Å². The molecule has 0 saturated carbocycles. The minimum atomic E-state index is 0.0740. The first kappa shape index (κ1) is 11.0. The lowest BCUT2D eigenvalue weighted by molar-refractivity contribution is 0.373. The fraction of sp³-hybridized carbons (Fsp3) is 0.100. The zero-order valence-corrected chi connectivity index (χ0v) is 10.1. The summed E-state index contributed by atoms with van der Waals surface area (Å²) in [5.74, 6) is 0.501. The van der Waals surface area contributed by atoms with Crippen LogP contribution in [0, 0.1) is 3.95 Å². The van der Waals surface area contributed by atoms with E-state index in [2.05, 4.69) is 4.98 Å². The maximum Gasteiger partial charge on any atom is 0.160 e. The SMILES string of the molecule is COc1ccc(-c2[nH]c(=S)sc2N)cc1O. The fourth-order valence-electron chi connectivity index (χ4n) is 1.40. The van der Waals surface area contributed by atoms with Crippen molar-refractivity contribution in [2.45, 2.75) is 0 Å². The van der Waals surface area contributed by atoms with Gasteiger partial charge in [0.1, 0.15) is 5.00 Å². The van der Waals surface area contributed by atoms with Gasteiger partial charge in [0, 0.05) is 5.56 Å². The molecule has 0 aliphatic carbocycles. The van der Waals surface area contributed by atoms with Crippen molar-refractivity contribution in [1.82, 2.24) is 4.98 Å². The summed E-state index contributed by atoms with van der Waals surface area (Å²) in [6.07, 6.45) is 0. The molecule has 0 spiro atoms. The topological polar surface area (TPSA) is 71.3 Å². The highest BCUT2D eigenvalue weighted by molar-refractivity contribution is 7.73. The molecule has 4 N–H and O–H groups in total. The summed E-state index contributed by atoms with van der Waals surface area (Å²) in [5, 5.41) is 10.3. The Balaban J connectivity index is 2.53. The van der Waals surface area contributed by atoms with Crippen LogP contribution in [-0.4, -0.2) is 17.2 Å². The summed E-state index contributed by atoms with van der Waals surface area (Å²) in [7, 11) is 1.50. The number of aromatic hydroxyl groups is 1. The van der Waals surface area contributed by atoms with Crippen molar-refractivity contribution in [1.29, 1.82) is 0 Å². The number of nitrogen functional groups attached to an aromatic ring is 1. The lowest BCUT2D eigenvalue weighted by atomic mass is 10.1. The van der Waals surface area contributed by atoms with Crippen LogP contribution in [0.4, 0.5) is 5.00 Å². The van der Waals surface area contributed by atoms with E-state index in [0.717, 1.165) is 11.3 Å². The average molecular weight is 254 g/mol. The second kappa shape index (κ2) is 4.15. The number of nitrogens with one attached hydrogen (secondary N) is 1. The summed E-state index contributed by atoms with van der Waals surface area (Å²) >= 11 is 6.30. The number of aromatic amines is 1. The van der Waals surface area contributed by atoms with E-state index in [1.54, 1.807) is 12.1 Å². The third-order valence-corrected chi connectivity index (χ3v) is 3.21. The van der Waals surface area contributed by atoms with E-state index < -0.39 is 0 Å². The number of rotatable bonds is 2. The van der Waals surface area contributed by atoms with E-state index in [1.807, 2.05) is 6.07 Å². The number of phenolic OH excluding ortho intramolecular Hbond substituents is 1. The fourth-order valence-corrected chi connectivity index (χ4v) is 2.40. The molecule has 1 heterocycles. The molecule has 16 heavy (non-hydrogen) atoms. The van der Waals surface area contributed by atoms with E-state index in [9.17, 15) is 5.11 Å². The lowest BCUT2D eigenvalue weighted by Crippen LogP contribution is -1.87. The molecule has 0 bridgehead atoms. The second-order valence-electron chi connectivity index (χ2n) is 3.14. The van der Waals surface area contributed by atoms with Gasteiger partial charge < -0.3 is 20.6 Å². The van der Waals surface area contributed by atoms with Crippen LogP contribution < -0.4 is 10.5 Å².